The minimum Gasteiger partial charge on any atom is -0.489 e. The van der Waals surface area contributed by atoms with Crippen LogP contribution in [-0.4, -0.2) is 52.6 Å². The molecule has 0 spiro atoms. The van der Waals surface area contributed by atoms with Gasteiger partial charge in [-0.1, -0.05) is 23.7 Å². The van der Waals surface area contributed by atoms with E-state index in [9.17, 15) is 9.90 Å². The van der Waals surface area contributed by atoms with E-state index in [4.69, 9.17) is 26.2 Å². The molecule has 1 aliphatic carbocycles. The molecule has 0 bridgehead atoms. The lowest BCUT2D eigenvalue weighted by atomic mass is 10.0. The first-order valence-electron chi connectivity index (χ1n) is 8.95. The lowest BCUT2D eigenvalue weighted by molar-refractivity contribution is 0.0278. The number of amides is 1. The quantitative estimate of drug-likeness (QED) is 0.787. The molecule has 144 valence electrons. The van der Waals surface area contributed by atoms with Crippen LogP contribution < -0.4 is 4.74 Å². The molecule has 6 nitrogen and oxygen atoms in total. The Labute approximate surface area is 158 Å². The van der Waals surface area contributed by atoms with Gasteiger partial charge in [-0.25, -0.2) is 4.79 Å². The van der Waals surface area contributed by atoms with Crippen molar-refractivity contribution in [3.8, 4) is 5.75 Å². The lowest BCUT2D eigenvalue weighted by Crippen LogP contribution is -2.28. The molecular weight excluding hydrogens is 358 g/mol. The van der Waals surface area contributed by atoms with E-state index >= 15 is 0 Å². The molecule has 2 fully saturated rings. The second kappa shape index (κ2) is 7.62. The van der Waals surface area contributed by atoms with Crippen LogP contribution in [0.5, 0.6) is 5.75 Å². The van der Waals surface area contributed by atoms with Gasteiger partial charge >= 0.3 is 6.09 Å². The monoisotopic (exact) mass is 383 g/mol. The Bertz CT molecular complexity index is 646. The molecule has 3 rings (SSSR count). The number of benzene rings is 1. The smallest absolute Gasteiger partial charge is 0.407 e. The van der Waals surface area contributed by atoms with Gasteiger partial charge in [-0.15, -0.1) is 0 Å². The number of hydrogen-bond donors (Lipinski definition) is 2. The fourth-order valence-electron chi connectivity index (χ4n) is 3.78. The van der Waals surface area contributed by atoms with Gasteiger partial charge in [0.15, 0.2) is 0 Å². The third-order valence-corrected chi connectivity index (χ3v) is 5.51. The predicted molar refractivity (Wildman–Crippen MR) is 97.6 cm³/mol. The average Bonchev–Trinajstić information content (AvgIpc) is 3.10. The van der Waals surface area contributed by atoms with Crippen molar-refractivity contribution in [2.24, 2.45) is 11.8 Å². The Morgan fingerprint density at radius 3 is 2.54 bits per heavy atom. The summed E-state index contributed by atoms with van der Waals surface area (Å²) in [4.78, 5) is 12.6. The molecule has 1 aliphatic heterocycles. The summed E-state index contributed by atoms with van der Waals surface area (Å²) in [5.41, 5.74) is -0.0782. The molecule has 3 atom stereocenters. The minimum atomic E-state index is -0.929. The molecule has 26 heavy (non-hydrogen) atoms. The molecule has 1 unspecified atom stereocenters. The van der Waals surface area contributed by atoms with E-state index in [1.807, 2.05) is 12.1 Å². The van der Waals surface area contributed by atoms with Crippen LogP contribution in [0.3, 0.4) is 0 Å². The Hall–Kier alpha value is -1.50. The van der Waals surface area contributed by atoms with Gasteiger partial charge in [0.2, 0.25) is 0 Å². The van der Waals surface area contributed by atoms with E-state index in [2.05, 4.69) is 0 Å². The van der Waals surface area contributed by atoms with Crippen molar-refractivity contribution in [2.75, 3.05) is 19.7 Å². The minimum absolute atomic E-state index is 0.137. The molecule has 1 aromatic rings. The summed E-state index contributed by atoms with van der Waals surface area (Å²) < 4.78 is 11.7. The number of carboxylic acid groups (broad SMARTS) is 1. The summed E-state index contributed by atoms with van der Waals surface area (Å²) in [6, 6.07) is 5.54. The standard InChI is InChI=1S/C19H26ClNO5/c1-19(2,24)11-26-16-5-3-4-12(17(16)20)10-25-15-6-13-8-21(18(22)23)9-14(13)7-15/h3-5,13-15,24H,6-11H2,1-2H3,(H,22,23)/t13-,14+,15?. The Balaban J connectivity index is 1.52. The van der Waals surface area contributed by atoms with Crippen LogP contribution >= 0.6 is 11.6 Å². The summed E-state index contributed by atoms with van der Waals surface area (Å²) >= 11 is 6.41. The molecule has 2 N–H and O–H groups in total. The zero-order valence-corrected chi connectivity index (χ0v) is 15.9. The fourth-order valence-corrected chi connectivity index (χ4v) is 4.01. The number of ether oxygens (including phenoxy) is 2. The first-order valence-corrected chi connectivity index (χ1v) is 9.33. The zero-order chi connectivity index (χ0) is 18.9. The highest BCUT2D eigenvalue weighted by molar-refractivity contribution is 6.32. The van der Waals surface area contributed by atoms with E-state index < -0.39 is 11.7 Å². The zero-order valence-electron chi connectivity index (χ0n) is 15.2. The van der Waals surface area contributed by atoms with Crippen molar-refractivity contribution in [1.82, 2.24) is 4.90 Å². The van der Waals surface area contributed by atoms with Gasteiger partial charge in [-0.2, -0.15) is 0 Å². The fraction of sp³-hybridized carbons (Fsp3) is 0.632. The Morgan fingerprint density at radius 1 is 1.31 bits per heavy atom. The first kappa shape index (κ1) is 19.3. The van der Waals surface area contributed by atoms with Gasteiger partial charge in [-0.3, -0.25) is 0 Å². The van der Waals surface area contributed by atoms with Gasteiger partial charge in [0.1, 0.15) is 12.4 Å². The third kappa shape index (κ3) is 4.61. The van der Waals surface area contributed by atoms with E-state index in [1.54, 1.807) is 19.9 Å². The molecule has 1 saturated heterocycles. The van der Waals surface area contributed by atoms with E-state index in [0.717, 1.165) is 18.4 Å². The van der Waals surface area contributed by atoms with E-state index in [1.165, 1.54) is 4.90 Å². The lowest BCUT2D eigenvalue weighted by Gasteiger charge is -2.20. The SMILES string of the molecule is CC(C)(O)COc1cccc(COC2C[C@@H]3CN(C(=O)O)C[C@@H]3C2)c1Cl. The topological polar surface area (TPSA) is 79.2 Å². The van der Waals surface area contributed by atoms with Crippen LogP contribution in [-0.2, 0) is 11.3 Å². The summed E-state index contributed by atoms with van der Waals surface area (Å²) in [6.07, 6.45) is 1.09. The highest BCUT2D eigenvalue weighted by atomic mass is 35.5. The molecule has 1 aromatic carbocycles. The van der Waals surface area contributed by atoms with Gasteiger partial charge < -0.3 is 24.6 Å². The van der Waals surface area contributed by atoms with Gasteiger partial charge in [0.05, 0.1) is 23.3 Å². The maximum Gasteiger partial charge on any atom is 0.407 e. The summed E-state index contributed by atoms with van der Waals surface area (Å²) in [6.45, 7) is 5.13. The molecule has 1 saturated carbocycles. The van der Waals surface area contributed by atoms with Crippen LogP contribution in [0.2, 0.25) is 5.02 Å². The van der Waals surface area contributed by atoms with Crippen LogP contribution in [0, 0.1) is 11.8 Å². The van der Waals surface area contributed by atoms with Gasteiger partial charge in [0, 0.05) is 18.7 Å². The second-order valence-corrected chi connectivity index (χ2v) is 8.32. The molecule has 1 heterocycles. The van der Waals surface area contributed by atoms with Crippen molar-refractivity contribution >= 4 is 17.7 Å². The van der Waals surface area contributed by atoms with E-state index in [0.29, 0.717) is 42.3 Å². The Kier molecular flexibility index (Phi) is 5.65. The number of likely N-dealkylation sites (tertiary alicyclic amines) is 1. The number of hydrogen-bond acceptors (Lipinski definition) is 4. The van der Waals surface area contributed by atoms with Crippen LogP contribution in [0.25, 0.3) is 0 Å². The summed E-state index contributed by atoms with van der Waals surface area (Å²) in [5.74, 6) is 1.33. The largest absolute Gasteiger partial charge is 0.489 e. The molecule has 0 aromatic heterocycles. The molecule has 1 amide bonds. The van der Waals surface area contributed by atoms with Crippen molar-refractivity contribution in [3.63, 3.8) is 0 Å². The van der Waals surface area contributed by atoms with E-state index in [-0.39, 0.29) is 12.7 Å². The highest BCUT2D eigenvalue weighted by Crippen LogP contribution is 2.40. The maximum absolute atomic E-state index is 11.1. The molecule has 2 aliphatic rings. The number of aliphatic hydroxyl groups is 1. The summed E-state index contributed by atoms with van der Waals surface area (Å²) in [7, 11) is 0. The predicted octanol–water partition coefficient (Wildman–Crippen LogP) is 3.39. The van der Waals surface area contributed by atoms with Gasteiger partial charge in [-0.05, 0) is 44.6 Å². The van der Waals surface area contributed by atoms with Crippen LogP contribution in [0.4, 0.5) is 4.79 Å². The number of halogens is 1. The van der Waals surface area contributed by atoms with Gasteiger partial charge in [0.25, 0.3) is 0 Å². The van der Waals surface area contributed by atoms with Crippen LogP contribution in [0.15, 0.2) is 18.2 Å². The number of fused-ring (bicyclic) bond motifs is 1. The number of rotatable bonds is 6. The molecule has 7 heteroatoms. The highest BCUT2D eigenvalue weighted by Gasteiger charge is 2.42. The molecular formula is C19H26ClNO5. The molecule has 0 radical (unpaired) electrons. The van der Waals surface area contributed by atoms with Crippen molar-refractivity contribution in [3.05, 3.63) is 28.8 Å². The Morgan fingerprint density at radius 2 is 1.96 bits per heavy atom. The van der Waals surface area contributed by atoms with Crippen molar-refractivity contribution < 1.29 is 24.5 Å². The number of nitrogens with zero attached hydrogens (tertiary/aromatic N) is 1. The first-order chi connectivity index (χ1) is 12.2. The van der Waals surface area contributed by atoms with Crippen molar-refractivity contribution in [2.45, 2.75) is 45.0 Å². The normalized spacial score (nSPS) is 25.4. The van der Waals surface area contributed by atoms with Crippen LogP contribution in [0.1, 0.15) is 32.3 Å². The van der Waals surface area contributed by atoms with Crippen molar-refractivity contribution in [1.29, 1.82) is 0 Å². The number of carbonyl (C=O) groups is 1. The average molecular weight is 384 g/mol. The second-order valence-electron chi connectivity index (χ2n) is 7.94. The summed E-state index contributed by atoms with van der Waals surface area (Å²) in [5, 5.41) is 19.4. The maximum atomic E-state index is 11.1. The third-order valence-electron chi connectivity index (χ3n) is 5.08.